The van der Waals surface area contributed by atoms with Crippen LogP contribution < -0.4 is 0 Å². The average Bonchev–Trinajstić information content (AvgIpc) is 3.48. The van der Waals surface area contributed by atoms with E-state index in [0.717, 1.165) is 35.5 Å². The van der Waals surface area contributed by atoms with Crippen molar-refractivity contribution in [3.05, 3.63) is 105 Å². The van der Waals surface area contributed by atoms with Crippen LogP contribution in [0.2, 0.25) is 0 Å². The van der Waals surface area contributed by atoms with Crippen LogP contribution in [-0.2, 0) is 24.3 Å². The number of benzene rings is 2. The molecule has 0 saturated carbocycles. The lowest BCUT2D eigenvalue weighted by atomic mass is 10.2. The molecule has 2 aromatic heterocycles. The molecule has 0 fully saturated rings. The van der Waals surface area contributed by atoms with Gasteiger partial charge in [0.15, 0.2) is 0 Å². The summed E-state index contributed by atoms with van der Waals surface area (Å²) in [6.45, 7) is 4.40. The minimum atomic E-state index is 0.964. The fourth-order valence-electron chi connectivity index (χ4n) is 3.27. The molecule has 0 radical (unpaired) electrons. The summed E-state index contributed by atoms with van der Waals surface area (Å²) in [6, 6.07) is 25.7. The molecule has 4 rings (SSSR count). The first kappa shape index (κ1) is 25.0. The molecular weight excluding hydrogens is 493 g/mol. The highest BCUT2D eigenvalue weighted by Crippen LogP contribution is 2.35. The van der Waals surface area contributed by atoms with Crippen molar-refractivity contribution in [2.75, 3.05) is 0 Å². The number of hydrogen-bond acceptors (Lipinski definition) is 6. The highest BCUT2D eigenvalue weighted by Gasteiger charge is 2.09. The molecule has 2 nitrogen and oxygen atoms in total. The van der Waals surface area contributed by atoms with Gasteiger partial charge < -0.3 is 0 Å². The number of thiophene rings is 2. The van der Waals surface area contributed by atoms with Gasteiger partial charge in [0, 0.05) is 32.4 Å². The molecule has 0 aliphatic rings. The van der Waals surface area contributed by atoms with Gasteiger partial charge >= 0.3 is 0 Å². The fourth-order valence-corrected chi connectivity index (χ4v) is 7.87. The van der Waals surface area contributed by atoms with Crippen LogP contribution in [0.4, 0.5) is 0 Å². The molecule has 0 aliphatic carbocycles. The van der Waals surface area contributed by atoms with E-state index < -0.39 is 0 Å². The molecule has 0 saturated heterocycles. The maximum absolute atomic E-state index is 4.43. The summed E-state index contributed by atoms with van der Waals surface area (Å²) in [6.07, 6.45) is 5.89. The number of hydrogen-bond donors (Lipinski definition) is 0. The van der Waals surface area contributed by atoms with Crippen molar-refractivity contribution in [2.45, 2.75) is 46.6 Å². The Morgan fingerprint density at radius 3 is 1.44 bits per heavy atom. The molecule has 2 heterocycles. The fraction of sp³-hybridized carbons (Fsp3) is 0.214. The normalized spacial score (nSPS) is 11.7. The zero-order valence-electron chi connectivity index (χ0n) is 19.4. The number of rotatable bonds is 11. The first-order chi connectivity index (χ1) is 16.7. The van der Waals surface area contributed by atoms with Crippen LogP contribution in [0.25, 0.3) is 0 Å². The molecule has 4 aromatic rings. The second-order valence-corrected chi connectivity index (χ2v) is 12.4. The molecule has 2 aromatic carbocycles. The first-order valence-corrected chi connectivity index (χ1v) is 15.0. The second-order valence-electron chi connectivity index (χ2n) is 7.66. The Bertz CT molecular complexity index is 1130. The van der Waals surface area contributed by atoms with Gasteiger partial charge in [0.25, 0.3) is 0 Å². The van der Waals surface area contributed by atoms with Crippen LogP contribution in [0.3, 0.4) is 0 Å². The van der Waals surface area contributed by atoms with Crippen LogP contribution in [0.1, 0.15) is 45.9 Å². The predicted molar refractivity (Wildman–Crippen MR) is 155 cm³/mol. The molecule has 0 amide bonds. The number of aryl methyl sites for hydroxylation is 2. The summed E-state index contributed by atoms with van der Waals surface area (Å²) in [5.41, 5.74) is 5.01. The van der Waals surface area contributed by atoms with Crippen LogP contribution in [-0.4, -0.2) is 12.4 Å². The minimum Gasteiger partial charge on any atom is -0.158 e. The highest BCUT2D eigenvalue weighted by molar-refractivity contribution is 8.00. The largest absolute Gasteiger partial charge is 0.158 e. The molecule has 174 valence electrons. The SMILES string of the molecule is CCc1cc(/C=N/N=C/c2cc(CC)sc2SCc2ccccc2)c(SCc2ccccc2)s1. The van der Waals surface area contributed by atoms with Gasteiger partial charge in [-0.2, -0.15) is 10.2 Å². The maximum Gasteiger partial charge on any atom is 0.0693 e. The maximum atomic E-state index is 4.43. The van der Waals surface area contributed by atoms with Gasteiger partial charge in [-0.3, -0.25) is 0 Å². The molecular formula is C28H28N2S4. The summed E-state index contributed by atoms with van der Waals surface area (Å²) < 4.78 is 2.62. The topological polar surface area (TPSA) is 24.7 Å². The van der Waals surface area contributed by atoms with Crippen LogP contribution >= 0.6 is 46.2 Å². The van der Waals surface area contributed by atoms with Gasteiger partial charge in [0.1, 0.15) is 0 Å². The summed E-state index contributed by atoms with van der Waals surface area (Å²) in [5.74, 6) is 1.93. The third kappa shape index (κ3) is 7.19. The lowest BCUT2D eigenvalue weighted by Gasteiger charge is -2.01. The molecule has 0 N–H and O–H groups in total. The van der Waals surface area contributed by atoms with Gasteiger partial charge in [-0.05, 0) is 36.1 Å². The number of thioether (sulfide) groups is 2. The summed E-state index contributed by atoms with van der Waals surface area (Å²) in [7, 11) is 0. The summed E-state index contributed by atoms with van der Waals surface area (Å²) >= 11 is 7.48. The highest BCUT2D eigenvalue weighted by atomic mass is 32.2. The van der Waals surface area contributed by atoms with E-state index in [0.29, 0.717) is 0 Å². The van der Waals surface area contributed by atoms with Crippen molar-refractivity contribution in [1.29, 1.82) is 0 Å². The van der Waals surface area contributed by atoms with E-state index in [-0.39, 0.29) is 0 Å². The van der Waals surface area contributed by atoms with E-state index >= 15 is 0 Å². The van der Waals surface area contributed by atoms with Crippen molar-refractivity contribution < 1.29 is 0 Å². The third-order valence-corrected chi connectivity index (χ3v) is 10.5. The van der Waals surface area contributed by atoms with E-state index in [2.05, 4.69) is 96.8 Å². The zero-order valence-corrected chi connectivity index (χ0v) is 22.7. The Kier molecular flexibility index (Phi) is 9.63. The second kappa shape index (κ2) is 13.1. The van der Waals surface area contributed by atoms with E-state index in [1.165, 1.54) is 29.3 Å². The van der Waals surface area contributed by atoms with Crippen molar-refractivity contribution in [3.8, 4) is 0 Å². The molecule has 6 heteroatoms. The lowest BCUT2D eigenvalue weighted by molar-refractivity contribution is 1.18. The zero-order chi connectivity index (χ0) is 23.6. The predicted octanol–water partition coefficient (Wildman–Crippen LogP) is 8.97. The van der Waals surface area contributed by atoms with E-state index in [1.807, 2.05) is 58.6 Å². The Labute approximate surface area is 219 Å². The van der Waals surface area contributed by atoms with E-state index in [4.69, 9.17) is 0 Å². The van der Waals surface area contributed by atoms with Gasteiger partial charge in [-0.15, -0.1) is 46.2 Å². The Morgan fingerprint density at radius 2 is 1.06 bits per heavy atom. The summed E-state index contributed by atoms with van der Waals surface area (Å²) in [5, 5.41) is 8.86. The lowest BCUT2D eigenvalue weighted by Crippen LogP contribution is -1.83. The van der Waals surface area contributed by atoms with Gasteiger partial charge in [-0.25, -0.2) is 0 Å². The van der Waals surface area contributed by atoms with Crippen LogP contribution in [0.5, 0.6) is 0 Å². The molecule has 0 aliphatic heterocycles. The van der Waals surface area contributed by atoms with E-state index in [9.17, 15) is 0 Å². The molecule has 0 spiro atoms. The smallest absolute Gasteiger partial charge is 0.0693 e. The van der Waals surface area contributed by atoms with Gasteiger partial charge in [0.2, 0.25) is 0 Å². The number of nitrogens with zero attached hydrogens (tertiary/aromatic N) is 2. The van der Waals surface area contributed by atoms with Gasteiger partial charge in [0.05, 0.1) is 20.8 Å². The first-order valence-electron chi connectivity index (χ1n) is 11.4. The van der Waals surface area contributed by atoms with Crippen molar-refractivity contribution in [3.63, 3.8) is 0 Å². The molecule has 0 bridgehead atoms. The van der Waals surface area contributed by atoms with Crippen molar-refractivity contribution in [2.24, 2.45) is 10.2 Å². The third-order valence-electron chi connectivity index (χ3n) is 5.13. The van der Waals surface area contributed by atoms with E-state index in [1.54, 1.807) is 0 Å². The van der Waals surface area contributed by atoms with Crippen molar-refractivity contribution >= 4 is 58.6 Å². The molecule has 34 heavy (non-hydrogen) atoms. The van der Waals surface area contributed by atoms with Crippen LogP contribution in [0, 0.1) is 0 Å². The monoisotopic (exact) mass is 520 g/mol. The molecule has 0 atom stereocenters. The standard InChI is InChI=1S/C28H28N2S4/c1-3-25-15-23(27(33-25)31-19-21-11-7-5-8-12-21)17-29-30-18-24-16-26(4-2)34-28(24)32-20-22-13-9-6-10-14-22/h5-18H,3-4,19-20H2,1-2H3/b29-17+,30-18+. The van der Waals surface area contributed by atoms with Crippen LogP contribution in [0.15, 0.2) is 91.4 Å². The Morgan fingerprint density at radius 1 is 0.647 bits per heavy atom. The van der Waals surface area contributed by atoms with Gasteiger partial charge in [-0.1, -0.05) is 74.5 Å². The van der Waals surface area contributed by atoms with Crippen molar-refractivity contribution in [1.82, 2.24) is 0 Å². The Balaban J connectivity index is 1.43. The Hall–Kier alpha value is -2.12. The minimum absolute atomic E-state index is 0.964. The summed E-state index contributed by atoms with van der Waals surface area (Å²) in [4.78, 5) is 2.76. The quantitative estimate of drug-likeness (QED) is 0.112. The molecule has 0 unspecified atom stereocenters. The average molecular weight is 521 g/mol.